The third kappa shape index (κ3) is 4.21. The fourth-order valence-corrected chi connectivity index (χ4v) is 6.00. The third-order valence-electron chi connectivity index (χ3n) is 6.54. The fourth-order valence-electron chi connectivity index (χ4n) is 4.96. The number of hydrogen-bond acceptors (Lipinski definition) is 5. The number of nitrogens with two attached hydrogens (primary N) is 2. The lowest BCUT2D eigenvalue weighted by Crippen LogP contribution is -2.17. The molecule has 1 fully saturated rings. The first-order valence-electron chi connectivity index (χ1n) is 11.1. The van der Waals surface area contributed by atoms with Crippen LogP contribution in [-0.2, 0) is 16.2 Å². The number of benzene rings is 2. The zero-order chi connectivity index (χ0) is 25.8. The van der Waals surface area contributed by atoms with Crippen molar-refractivity contribution >= 4 is 38.5 Å². The summed E-state index contributed by atoms with van der Waals surface area (Å²) in [4.78, 5) is 7.88. The molecule has 0 atom stereocenters. The SMILES string of the molecule is Nc1ncnc2c1c(-c1ccc(-c3c(C(F)(F)F)cccc3S(N)(=O)=O)c(Cl)c1)cn2C1CCCC1. The van der Waals surface area contributed by atoms with Crippen LogP contribution in [0.5, 0.6) is 0 Å². The van der Waals surface area contributed by atoms with Gasteiger partial charge >= 0.3 is 6.18 Å². The standard InChI is InChI=1S/C24H21ClF3N5O2S/c25-18-10-13(16-11-33(14-4-1-2-5-14)23-21(16)22(29)31-12-32-23)8-9-15(18)20-17(24(26,27)28)6-3-7-19(20)36(30,34)35/h3,6-12,14H,1-2,4-5H2,(H2,29,31,32)(H2,30,34,35). The van der Waals surface area contributed by atoms with Crippen LogP contribution in [0.25, 0.3) is 33.3 Å². The number of anilines is 1. The van der Waals surface area contributed by atoms with Gasteiger partial charge in [0, 0.05) is 34.0 Å². The van der Waals surface area contributed by atoms with Crippen LogP contribution in [0.2, 0.25) is 5.02 Å². The lowest BCUT2D eigenvalue weighted by Gasteiger charge is -2.17. The van der Waals surface area contributed by atoms with Gasteiger partial charge in [0.1, 0.15) is 17.8 Å². The number of fused-ring (bicyclic) bond motifs is 1. The van der Waals surface area contributed by atoms with Crippen molar-refractivity contribution in [2.75, 3.05) is 5.73 Å². The largest absolute Gasteiger partial charge is 0.417 e. The van der Waals surface area contributed by atoms with Crippen LogP contribution in [0.1, 0.15) is 37.3 Å². The van der Waals surface area contributed by atoms with Crippen molar-refractivity contribution in [1.29, 1.82) is 0 Å². The second-order valence-corrected chi connectivity index (χ2v) is 10.7. The van der Waals surface area contributed by atoms with Crippen LogP contribution in [0.15, 0.2) is 53.8 Å². The van der Waals surface area contributed by atoms with E-state index >= 15 is 0 Å². The fraction of sp³-hybridized carbons (Fsp3) is 0.250. The molecule has 4 N–H and O–H groups in total. The maximum atomic E-state index is 13.8. The number of rotatable bonds is 4. The van der Waals surface area contributed by atoms with Crippen molar-refractivity contribution in [3.05, 3.63) is 59.5 Å². The first kappa shape index (κ1) is 24.5. The Kier molecular flexibility index (Phi) is 5.97. The summed E-state index contributed by atoms with van der Waals surface area (Å²) in [6, 6.07) is 7.48. The van der Waals surface area contributed by atoms with E-state index in [1.807, 2.05) is 6.20 Å². The quantitative estimate of drug-likeness (QED) is 0.343. The molecule has 2 aromatic heterocycles. The van der Waals surface area contributed by atoms with Gasteiger partial charge in [-0.3, -0.25) is 0 Å². The monoisotopic (exact) mass is 535 g/mol. The van der Waals surface area contributed by atoms with Gasteiger partial charge in [-0.2, -0.15) is 13.2 Å². The summed E-state index contributed by atoms with van der Waals surface area (Å²) >= 11 is 6.51. The first-order chi connectivity index (χ1) is 17.0. The Hall–Kier alpha value is -3.15. The molecule has 5 rings (SSSR count). The first-order valence-corrected chi connectivity index (χ1v) is 13.0. The van der Waals surface area contributed by atoms with Crippen molar-refractivity contribution in [3.63, 3.8) is 0 Å². The Morgan fingerprint density at radius 3 is 2.42 bits per heavy atom. The molecule has 188 valence electrons. The summed E-state index contributed by atoms with van der Waals surface area (Å²) in [6.07, 6.45) is 2.67. The minimum Gasteiger partial charge on any atom is -0.383 e. The highest BCUT2D eigenvalue weighted by Crippen LogP contribution is 2.45. The normalized spacial score (nSPS) is 15.1. The molecule has 2 aromatic carbocycles. The van der Waals surface area contributed by atoms with Gasteiger partial charge in [0.05, 0.1) is 15.8 Å². The van der Waals surface area contributed by atoms with Gasteiger partial charge in [-0.25, -0.2) is 23.5 Å². The molecule has 36 heavy (non-hydrogen) atoms. The Balaban J connectivity index is 1.71. The predicted molar refractivity (Wildman–Crippen MR) is 132 cm³/mol. The van der Waals surface area contributed by atoms with Crippen molar-refractivity contribution in [2.45, 2.75) is 42.8 Å². The van der Waals surface area contributed by atoms with Gasteiger partial charge in [-0.05, 0) is 36.6 Å². The lowest BCUT2D eigenvalue weighted by atomic mass is 9.96. The zero-order valence-electron chi connectivity index (χ0n) is 18.8. The van der Waals surface area contributed by atoms with Crippen molar-refractivity contribution in [2.24, 2.45) is 5.14 Å². The third-order valence-corrected chi connectivity index (χ3v) is 7.81. The maximum Gasteiger partial charge on any atom is 0.417 e. The zero-order valence-corrected chi connectivity index (χ0v) is 20.3. The van der Waals surface area contributed by atoms with E-state index in [1.54, 1.807) is 6.07 Å². The molecule has 0 spiro atoms. The van der Waals surface area contributed by atoms with Gasteiger partial charge in [-0.15, -0.1) is 0 Å². The van der Waals surface area contributed by atoms with Gasteiger partial charge < -0.3 is 10.3 Å². The molecule has 0 radical (unpaired) electrons. The molecule has 12 heteroatoms. The Labute approximate surface area is 210 Å². The summed E-state index contributed by atoms with van der Waals surface area (Å²) in [5.41, 5.74) is 6.26. The summed E-state index contributed by atoms with van der Waals surface area (Å²) in [7, 11) is -4.48. The molecular formula is C24H21ClF3N5O2S. The molecule has 0 aliphatic heterocycles. The molecule has 4 aromatic rings. The van der Waals surface area contributed by atoms with E-state index in [-0.39, 0.29) is 22.4 Å². The number of alkyl halides is 3. The topological polar surface area (TPSA) is 117 Å². The predicted octanol–water partition coefficient (Wildman–Crippen LogP) is 5.78. The smallest absolute Gasteiger partial charge is 0.383 e. The van der Waals surface area contributed by atoms with E-state index in [4.69, 9.17) is 22.5 Å². The number of aromatic nitrogens is 3. The van der Waals surface area contributed by atoms with E-state index in [9.17, 15) is 21.6 Å². The highest BCUT2D eigenvalue weighted by molar-refractivity contribution is 7.89. The minimum absolute atomic E-state index is 0.0775. The Morgan fingerprint density at radius 2 is 1.78 bits per heavy atom. The molecule has 0 saturated heterocycles. The molecule has 0 unspecified atom stereocenters. The molecular weight excluding hydrogens is 515 g/mol. The number of nitrogen functional groups attached to an aromatic ring is 1. The van der Waals surface area contributed by atoms with Crippen LogP contribution >= 0.6 is 11.6 Å². The lowest BCUT2D eigenvalue weighted by molar-refractivity contribution is -0.137. The minimum atomic E-state index is -4.83. The van der Waals surface area contributed by atoms with Gasteiger partial charge in [0.2, 0.25) is 10.0 Å². The van der Waals surface area contributed by atoms with E-state index in [0.717, 1.165) is 43.9 Å². The van der Waals surface area contributed by atoms with Crippen molar-refractivity contribution in [3.8, 4) is 22.3 Å². The van der Waals surface area contributed by atoms with Crippen molar-refractivity contribution in [1.82, 2.24) is 14.5 Å². The number of primary sulfonamides is 1. The molecule has 1 saturated carbocycles. The van der Waals surface area contributed by atoms with Crippen molar-refractivity contribution < 1.29 is 21.6 Å². The van der Waals surface area contributed by atoms with E-state index in [0.29, 0.717) is 22.2 Å². The number of sulfonamides is 1. The number of halogens is 4. The van der Waals surface area contributed by atoms with Gasteiger partial charge in [0.15, 0.2) is 0 Å². The second-order valence-electron chi connectivity index (χ2n) is 8.76. The van der Waals surface area contributed by atoms with E-state index < -0.39 is 32.2 Å². The van der Waals surface area contributed by atoms with E-state index in [1.165, 1.54) is 18.5 Å². The molecule has 0 amide bonds. The molecule has 0 bridgehead atoms. The highest BCUT2D eigenvalue weighted by atomic mass is 35.5. The summed E-state index contributed by atoms with van der Waals surface area (Å²) in [6.45, 7) is 0. The summed E-state index contributed by atoms with van der Waals surface area (Å²) < 4.78 is 67.9. The van der Waals surface area contributed by atoms with Crippen LogP contribution in [0.3, 0.4) is 0 Å². The average Bonchev–Trinajstić information content (AvgIpc) is 3.46. The number of nitrogens with zero attached hydrogens (tertiary/aromatic N) is 3. The molecule has 1 aliphatic rings. The van der Waals surface area contributed by atoms with Crippen LogP contribution in [-0.4, -0.2) is 23.0 Å². The Bertz CT molecular complexity index is 1600. The summed E-state index contributed by atoms with van der Waals surface area (Å²) in [5, 5.41) is 5.79. The van der Waals surface area contributed by atoms with E-state index in [2.05, 4.69) is 14.5 Å². The highest BCUT2D eigenvalue weighted by Gasteiger charge is 2.37. The molecule has 2 heterocycles. The Morgan fingerprint density at radius 1 is 1.06 bits per heavy atom. The number of hydrogen-bond donors (Lipinski definition) is 2. The molecule has 1 aliphatic carbocycles. The average molecular weight is 536 g/mol. The van der Waals surface area contributed by atoms with Gasteiger partial charge in [-0.1, -0.05) is 42.6 Å². The van der Waals surface area contributed by atoms with Gasteiger partial charge in [0.25, 0.3) is 0 Å². The van der Waals surface area contributed by atoms with Crippen LogP contribution in [0, 0.1) is 0 Å². The summed E-state index contributed by atoms with van der Waals surface area (Å²) in [5.74, 6) is 0.269. The molecule has 7 nitrogen and oxygen atoms in total. The van der Waals surface area contributed by atoms with Crippen LogP contribution in [0.4, 0.5) is 19.0 Å². The second kappa shape index (κ2) is 8.75. The van der Waals surface area contributed by atoms with Crippen LogP contribution < -0.4 is 10.9 Å². The maximum absolute atomic E-state index is 13.8.